The Labute approximate surface area is 183 Å². The topological polar surface area (TPSA) is 37.5 Å². The van der Waals surface area contributed by atoms with Gasteiger partial charge in [-0.1, -0.05) is 0 Å². The first-order valence-corrected chi connectivity index (χ1v) is 13.5. The van der Waals surface area contributed by atoms with Gasteiger partial charge in [-0.25, -0.2) is 0 Å². The number of aromatic amines is 1. The fourth-order valence-corrected chi connectivity index (χ4v) is 8.47. The third kappa shape index (κ3) is 3.54. The summed E-state index contributed by atoms with van der Waals surface area (Å²) in [6.45, 7) is 5.02. The number of halogens is 2. The van der Waals surface area contributed by atoms with Gasteiger partial charge in [0.2, 0.25) is 0 Å². The fraction of sp³-hybridized carbons (Fsp3) is 0.652. The molecule has 6 heteroatoms. The van der Waals surface area contributed by atoms with Gasteiger partial charge in [-0.15, -0.1) is 0 Å². The van der Waals surface area contributed by atoms with Gasteiger partial charge < -0.3 is 0 Å². The van der Waals surface area contributed by atoms with E-state index in [4.69, 9.17) is 9.47 Å². The van der Waals surface area contributed by atoms with Gasteiger partial charge in [-0.05, 0) is 0 Å². The summed E-state index contributed by atoms with van der Waals surface area (Å²) in [4.78, 5) is 3.64. The van der Waals surface area contributed by atoms with Crippen LogP contribution in [-0.2, 0) is 21.5 Å². The van der Waals surface area contributed by atoms with Crippen molar-refractivity contribution in [2.45, 2.75) is 69.4 Å². The maximum atomic E-state index is 13.9. The number of alkyl halides is 1. The second-order valence-electron chi connectivity index (χ2n) is 8.81. The van der Waals surface area contributed by atoms with Crippen LogP contribution in [0.1, 0.15) is 63.1 Å². The van der Waals surface area contributed by atoms with E-state index in [0.717, 1.165) is 54.5 Å². The van der Waals surface area contributed by atoms with Gasteiger partial charge >= 0.3 is 183 Å². The van der Waals surface area contributed by atoms with E-state index in [0.29, 0.717) is 5.54 Å². The number of nitrogens with one attached hydrogen (secondary N) is 1. The number of H-pyrrole nitrogens is 1. The van der Waals surface area contributed by atoms with Crippen molar-refractivity contribution in [2.75, 3.05) is 24.4 Å². The normalized spacial score (nSPS) is 31.0. The number of hydrogen-bond acceptors (Lipinski definition) is 3. The van der Waals surface area contributed by atoms with Crippen LogP contribution in [0, 0.1) is 5.82 Å². The van der Waals surface area contributed by atoms with Crippen LogP contribution in [0.2, 0.25) is 0 Å². The van der Waals surface area contributed by atoms with E-state index < -0.39 is 0 Å². The van der Waals surface area contributed by atoms with Crippen LogP contribution in [0.5, 0.6) is 0 Å². The zero-order chi connectivity index (χ0) is 19.9. The summed E-state index contributed by atoms with van der Waals surface area (Å²) < 4.78 is 29.9. The summed E-state index contributed by atoms with van der Waals surface area (Å²) in [6.07, 6.45) is 9.21. The Kier molecular flexibility index (Phi) is 5.64. The Bertz CT molecular complexity index is 869. The molecule has 2 aliphatic heterocycles. The Morgan fingerprint density at radius 1 is 1.21 bits per heavy atom. The molecule has 1 aliphatic carbocycles. The molecule has 1 spiro atoms. The summed E-state index contributed by atoms with van der Waals surface area (Å²) in [5.74, 6) is -0.154. The first-order chi connectivity index (χ1) is 14.2. The molecule has 3 heterocycles. The zero-order valence-electron chi connectivity index (χ0n) is 17.2. The molecule has 2 fully saturated rings. The fourth-order valence-electron chi connectivity index (χ4n) is 5.64. The molecule has 1 aromatic carbocycles. The first kappa shape index (κ1) is 20.2. The number of rotatable bonds is 4. The van der Waals surface area contributed by atoms with E-state index in [-0.39, 0.29) is 32.9 Å². The summed E-state index contributed by atoms with van der Waals surface area (Å²) in [5, 5.41) is 1.05. The van der Waals surface area contributed by atoms with Crippen molar-refractivity contribution >= 4 is 10.9 Å². The summed E-state index contributed by atoms with van der Waals surface area (Å²) >= 11 is -0.0268. The average molecular weight is 513 g/mol. The van der Waals surface area contributed by atoms with Crippen molar-refractivity contribution in [1.29, 1.82) is 0 Å². The summed E-state index contributed by atoms with van der Waals surface area (Å²) in [7, 11) is 0. The van der Waals surface area contributed by atoms with Crippen LogP contribution >= 0.6 is 0 Å². The van der Waals surface area contributed by atoms with Crippen molar-refractivity contribution < 1.29 is 35.3 Å². The molecule has 5 rings (SSSR count). The molecule has 1 aromatic heterocycles. The van der Waals surface area contributed by atoms with E-state index in [9.17, 15) is 4.39 Å². The maximum absolute atomic E-state index is 13.9. The van der Waals surface area contributed by atoms with E-state index in [1.807, 2.05) is 6.07 Å². The van der Waals surface area contributed by atoms with Gasteiger partial charge in [0, 0.05) is 0 Å². The third-order valence-corrected chi connectivity index (χ3v) is 10.3. The van der Waals surface area contributed by atoms with E-state index >= 15 is 0 Å². The van der Waals surface area contributed by atoms with Gasteiger partial charge in [0.25, 0.3) is 0 Å². The minimum absolute atomic E-state index is 0.0268. The number of nitrogens with zero attached hydrogens (tertiary/aromatic N) is 1. The molecule has 4 nitrogen and oxygen atoms in total. The molecule has 1 saturated carbocycles. The molecule has 0 atom stereocenters. The number of ether oxygens (including phenoxy) is 2. The quantitative estimate of drug-likeness (QED) is 0.386. The predicted molar refractivity (Wildman–Crippen MR) is 108 cm³/mol. The Balaban J connectivity index is 1.45. The number of fused-ring (bicyclic) bond motifs is 4. The van der Waals surface area contributed by atoms with Crippen LogP contribution < -0.4 is 21.5 Å². The SMILES string of the molecule is CCCCC1(N2CCOC[I-]2)CCC2(CC1)OCCc1c2[nH]c2ccc(F)cc12. The second-order valence-corrected chi connectivity index (χ2v) is 11.3. The van der Waals surface area contributed by atoms with Crippen molar-refractivity contribution in [3.05, 3.63) is 35.3 Å². The second kappa shape index (κ2) is 8.09. The number of benzene rings is 1. The molecule has 29 heavy (non-hydrogen) atoms. The van der Waals surface area contributed by atoms with Gasteiger partial charge in [-0.2, -0.15) is 0 Å². The summed E-state index contributed by atoms with van der Waals surface area (Å²) in [6, 6.07) is 5.12. The van der Waals surface area contributed by atoms with Gasteiger partial charge in [0.05, 0.1) is 0 Å². The third-order valence-electron chi connectivity index (χ3n) is 7.26. The molecule has 1 N–H and O–H groups in total. The number of hydrogen-bond donors (Lipinski definition) is 1. The predicted octanol–water partition coefficient (Wildman–Crippen LogP) is 1.87. The van der Waals surface area contributed by atoms with Crippen molar-refractivity contribution in [3.8, 4) is 0 Å². The van der Waals surface area contributed by atoms with Crippen LogP contribution in [0.4, 0.5) is 4.39 Å². The first-order valence-electron chi connectivity index (χ1n) is 11.1. The molecular formula is C23H31FIN2O2-. The molecule has 0 unspecified atom stereocenters. The van der Waals surface area contributed by atoms with Crippen molar-refractivity contribution in [1.82, 2.24) is 8.10 Å². The number of unbranched alkanes of at least 4 members (excludes halogenated alkanes) is 1. The molecule has 1 saturated heterocycles. The van der Waals surface area contributed by atoms with Gasteiger partial charge in [-0.3, -0.25) is 0 Å². The average Bonchev–Trinajstić information content (AvgIpc) is 3.14. The minimum atomic E-state index is -0.219. The van der Waals surface area contributed by atoms with Crippen molar-refractivity contribution in [3.63, 3.8) is 0 Å². The molecular weight excluding hydrogens is 482 g/mol. The van der Waals surface area contributed by atoms with Gasteiger partial charge in [0.15, 0.2) is 0 Å². The standard InChI is InChI=1S/C23H31FIN2O2/c1-2-3-7-22(27-12-14-28-16-25-27)8-10-23(11-9-22)21-18(6-13-29-23)19-15-17(24)4-5-20(19)26-21/h4-5,15,26H,2-3,6-14,16H2,1H3/q-1. The summed E-state index contributed by atoms with van der Waals surface area (Å²) in [5.41, 5.74) is 3.67. The Morgan fingerprint density at radius 2 is 2.07 bits per heavy atom. The molecule has 160 valence electrons. The van der Waals surface area contributed by atoms with Gasteiger partial charge in [0.1, 0.15) is 0 Å². The number of aromatic nitrogens is 1. The molecule has 0 amide bonds. The van der Waals surface area contributed by atoms with Crippen LogP contribution in [0.25, 0.3) is 10.9 Å². The van der Waals surface area contributed by atoms with Crippen LogP contribution in [0.15, 0.2) is 18.2 Å². The molecule has 0 radical (unpaired) electrons. The van der Waals surface area contributed by atoms with Crippen LogP contribution in [0.3, 0.4) is 0 Å². The van der Waals surface area contributed by atoms with E-state index in [2.05, 4.69) is 15.0 Å². The monoisotopic (exact) mass is 513 g/mol. The molecule has 2 aromatic rings. The molecule has 3 aliphatic rings. The van der Waals surface area contributed by atoms with Crippen molar-refractivity contribution in [2.24, 2.45) is 0 Å². The zero-order valence-corrected chi connectivity index (χ0v) is 19.4. The van der Waals surface area contributed by atoms with Crippen LogP contribution in [-0.4, -0.2) is 38.0 Å². The van der Waals surface area contributed by atoms with E-state index in [1.165, 1.54) is 43.4 Å². The Morgan fingerprint density at radius 3 is 2.83 bits per heavy atom. The van der Waals surface area contributed by atoms with E-state index in [1.54, 1.807) is 12.1 Å². The molecule has 0 bridgehead atoms. The Hall–Kier alpha value is -0.700.